The van der Waals surface area contributed by atoms with Crippen molar-refractivity contribution in [2.75, 3.05) is 0 Å². The number of benzene rings is 2. The molecule has 1 heterocycles. The monoisotopic (exact) mass is 554 g/mol. The van der Waals surface area contributed by atoms with Crippen LogP contribution in [0.25, 0.3) is 10.9 Å². The summed E-state index contributed by atoms with van der Waals surface area (Å²) in [6, 6.07) is 13.8. The number of aromatic amines is 1. The maximum absolute atomic E-state index is 13.3. The summed E-state index contributed by atoms with van der Waals surface area (Å²) in [5, 5.41) is 4.22. The zero-order valence-electron chi connectivity index (χ0n) is 23.1. The number of pyridine rings is 1. The van der Waals surface area contributed by atoms with Crippen molar-refractivity contribution in [3.8, 4) is 5.75 Å². The highest BCUT2D eigenvalue weighted by atomic mass is 35.5. The van der Waals surface area contributed by atoms with Crippen molar-refractivity contribution in [3.63, 3.8) is 0 Å². The molecule has 4 rings (SSSR count). The van der Waals surface area contributed by atoms with Crippen molar-refractivity contribution in [3.05, 3.63) is 75.6 Å². The maximum Gasteiger partial charge on any atom is 0.343 e. The van der Waals surface area contributed by atoms with E-state index in [9.17, 15) is 14.4 Å². The SMILES string of the molecule is CCC(NC(C)C)C(OC(=O)C1CCCCC1)c1ccc(OC(=O)c2ccc(C)cc2)c2[nH]c(=O)ccc12.Cl. The van der Waals surface area contributed by atoms with Crippen LogP contribution >= 0.6 is 12.4 Å². The van der Waals surface area contributed by atoms with E-state index in [-0.39, 0.29) is 47.7 Å². The first-order valence-electron chi connectivity index (χ1n) is 13.7. The van der Waals surface area contributed by atoms with Gasteiger partial charge in [0.2, 0.25) is 5.56 Å². The van der Waals surface area contributed by atoms with Crippen LogP contribution in [0.15, 0.2) is 53.3 Å². The molecule has 2 N–H and O–H groups in total. The van der Waals surface area contributed by atoms with Crippen molar-refractivity contribution in [2.24, 2.45) is 5.92 Å². The van der Waals surface area contributed by atoms with E-state index < -0.39 is 12.1 Å². The summed E-state index contributed by atoms with van der Waals surface area (Å²) in [4.78, 5) is 41.3. The summed E-state index contributed by atoms with van der Waals surface area (Å²) in [5.41, 5.74) is 2.29. The van der Waals surface area contributed by atoms with Gasteiger partial charge in [0.15, 0.2) is 5.75 Å². The van der Waals surface area contributed by atoms with E-state index in [1.165, 1.54) is 6.07 Å². The summed E-state index contributed by atoms with van der Waals surface area (Å²) in [5.74, 6) is -0.541. The molecule has 2 atom stereocenters. The van der Waals surface area contributed by atoms with Crippen molar-refractivity contribution in [2.45, 2.75) is 84.4 Å². The molecule has 2 aromatic carbocycles. The number of fused-ring (bicyclic) bond motifs is 1. The van der Waals surface area contributed by atoms with Crippen LogP contribution in [0.2, 0.25) is 0 Å². The minimum absolute atomic E-state index is 0. The van der Waals surface area contributed by atoms with Crippen molar-refractivity contribution in [1.82, 2.24) is 10.3 Å². The van der Waals surface area contributed by atoms with Crippen LogP contribution in [0.5, 0.6) is 5.75 Å². The minimum atomic E-state index is -0.577. The van der Waals surface area contributed by atoms with Crippen LogP contribution in [0.3, 0.4) is 0 Å². The number of carbonyl (C=O) groups is 2. The van der Waals surface area contributed by atoms with E-state index in [1.54, 1.807) is 24.3 Å². The summed E-state index contributed by atoms with van der Waals surface area (Å²) < 4.78 is 12.0. The van der Waals surface area contributed by atoms with E-state index in [1.807, 2.05) is 25.1 Å². The minimum Gasteiger partial charge on any atom is -0.456 e. The topological polar surface area (TPSA) is 97.5 Å². The molecule has 0 saturated heterocycles. The fourth-order valence-corrected chi connectivity index (χ4v) is 5.20. The zero-order chi connectivity index (χ0) is 27.2. The number of aryl methyl sites for hydroxylation is 1. The van der Waals surface area contributed by atoms with Gasteiger partial charge in [-0.1, -0.05) is 63.8 Å². The zero-order valence-corrected chi connectivity index (χ0v) is 23.9. The molecule has 1 aromatic heterocycles. The predicted molar refractivity (Wildman–Crippen MR) is 156 cm³/mol. The fraction of sp³-hybridized carbons (Fsp3) is 0.452. The number of hydrogen-bond acceptors (Lipinski definition) is 6. The van der Waals surface area contributed by atoms with E-state index in [0.717, 1.165) is 49.7 Å². The smallest absolute Gasteiger partial charge is 0.343 e. The Hall–Kier alpha value is -3.16. The van der Waals surface area contributed by atoms with Crippen LogP contribution < -0.4 is 15.6 Å². The van der Waals surface area contributed by atoms with Gasteiger partial charge in [-0.3, -0.25) is 9.59 Å². The Morgan fingerprint density at radius 1 is 1.00 bits per heavy atom. The normalized spacial score (nSPS) is 15.4. The molecule has 0 aliphatic heterocycles. The third kappa shape index (κ3) is 7.49. The second-order valence-corrected chi connectivity index (χ2v) is 10.5. The first-order chi connectivity index (χ1) is 18.3. The molecule has 1 saturated carbocycles. The van der Waals surface area contributed by atoms with Crippen molar-refractivity contribution < 1.29 is 19.1 Å². The molecule has 0 amide bonds. The standard InChI is InChI=1S/C31H38N2O5.ClH/c1-5-25(32-19(2)3)29(38-31(36)21-9-7-6-8-10-21)24-15-17-26(28-23(24)16-18-27(34)33-28)37-30(35)22-13-11-20(4)12-14-22;/h11-19,21,25,29,32H,5-10H2,1-4H3,(H,33,34);1H. The number of aromatic nitrogens is 1. The highest BCUT2D eigenvalue weighted by Crippen LogP contribution is 2.36. The number of rotatable bonds is 9. The Morgan fingerprint density at radius 2 is 1.69 bits per heavy atom. The lowest BCUT2D eigenvalue weighted by Gasteiger charge is -2.32. The Morgan fingerprint density at radius 3 is 2.33 bits per heavy atom. The van der Waals surface area contributed by atoms with Crippen LogP contribution in [-0.4, -0.2) is 29.0 Å². The molecule has 8 heteroatoms. The first kappa shape index (κ1) is 30.4. The highest BCUT2D eigenvalue weighted by Gasteiger charge is 2.32. The van der Waals surface area contributed by atoms with Gasteiger partial charge in [0, 0.05) is 29.1 Å². The molecular weight excluding hydrogens is 516 g/mol. The average Bonchev–Trinajstić information content (AvgIpc) is 2.91. The van der Waals surface area contributed by atoms with E-state index in [4.69, 9.17) is 9.47 Å². The molecule has 0 bridgehead atoms. The van der Waals surface area contributed by atoms with Gasteiger partial charge in [-0.2, -0.15) is 0 Å². The van der Waals surface area contributed by atoms with Gasteiger partial charge >= 0.3 is 11.9 Å². The van der Waals surface area contributed by atoms with Gasteiger partial charge < -0.3 is 19.8 Å². The number of halogens is 1. The van der Waals surface area contributed by atoms with Gasteiger partial charge in [0.05, 0.1) is 17.0 Å². The van der Waals surface area contributed by atoms with E-state index in [2.05, 4.69) is 31.1 Å². The third-order valence-electron chi connectivity index (χ3n) is 7.22. The summed E-state index contributed by atoms with van der Waals surface area (Å²) in [6.07, 6.45) is 5.08. The Bertz CT molecular complexity index is 1330. The predicted octanol–water partition coefficient (Wildman–Crippen LogP) is 6.42. The lowest BCUT2D eigenvalue weighted by Crippen LogP contribution is -2.41. The lowest BCUT2D eigenvalue weighted by molar-refractivity contribution is -0.157. The molecule has 39 heavy (non-hydrogen) atoms. The van der Waals surface area contributed by atoms with Crippen LogP contribution in [0, 0.1) is 12.8 Å². The highest BCUT2D eigenvalue weighted by molar-refractivity contribution is 5.95. The molecular formula is C31H39ClN2O5. The van der Waals surface area contributed by atoms with Crippen LogP contribution in [0.4, 0.5) is 0 Å². The third-order valence-corrected chi connectivity index (χ3v) is 7.22. The maximum atomic E-state index is 13.3. The lowest BCUT2D eigenvalue weighted by atomic mass is 9.89. The molecule has 0 radical (unpaired) electrons. The molecule has 3 aromatic rings. The fourth-order valence-electron chi connectivity index (χ4n) is 5.20. The van der Waals surface area contributed by atoms with Gasteiger partial charge in [-0.05, 0) is 50.5 Å². The van der Waals surface area contributed by atoms with E-state index >= 15 is 0 Å². The van der Waals surface area contributed by atoms with Gasteiger partial charge in [0.25, 0.3) is 0 Å². The number of H-pyrrole nitrogens is 1. The summed E-state index contributed by atoms with van der Waals surface area (Å²) >= 11 is 0. The average molecular weight is 555 g/mol. The number of carbonyl (C=O) groups excluding carboxylic acids is 2. The number of esters is 2. The molecule has 1 aliphatic carbocycles. The van der Waals surface area contributed by atoms with Crippen molar-refractivity contribution >= 4 is 35.2 Å². The Kier molecular flexibility index (Phi) is 10.7. The summed E-state index contributed by atoms with van der Waals surface area (Å²) in [6.45, 7) is 8.13. The second-order valence-electron chi connectivity index (χ2n) is 10.5. The molecule has 210 valence electrons. The molecule has 0 spiro atoms. The molecule has 1 fully saturated rings. The Labute approximate surface area is 236 Å². The van der Waals surface area contributed by atoms with Crippen LogP contribution in [-0.2, 0) is 9.53 Å². The molecule has 2 unspecified atom stereocenters. The second kappa shape index (κ2) is 13.8. The molecule has 7 nitrogen and oxygen atoms in total. The largest absolute Gasteiger partial charge is 0.456 e. The Balaban J connectivity index is 0.00000420. The first-order valence-corrected chi connectivity index (χ1v) is 13.7. The van der Waals surface area contributed by atoms with Crippen molar-refractivity contribution in [1.29, 1.82) is 0 Å². The number of hydrogen-bond donors (Lipinski definition) is 2. The van der Waals surface area contributed by atoms with Gasteiger partial charge in [-0.25, -0.2) is 4.79 Å². The van der Waals surface area contributed by atoms with Gasteiger partial charge in [-0.15, -0.1) is 12.4 Å². The van der Waals surface area contributed by atoms with E-state index in [0.29, 0.717) is 16.5 Å². The summed E-state index contributed by atoms with van der Waals surface area (Å²) in [7, 11) is 0. The number of ether oxygens (including phenoxy) is 2. The number of nitrogens with one attached hydrogen (secondary N) is 2. The van der Waals surface area contributed by atoms with Gasteiger partial charge in [0.1, 0.15) is 6.10 Å². The van der Waals surface area contributed by atoms with Crippen LogP contribution in [0.1, 0.15) is 86.9 Å². The quantitative estimate of drug-likeness (QED) is 0.234. The molecule has 1 aliphatic rings.